The third kappa shape index (κ3) is 4.00. The fourth-order valence-corrected chi connectivity index (χ4v) is 3.81. The molecule has 0 bridgehead atoms. The number of hydrogen-bond acceptors (Lipinski definition) is 4. The number of nitrogens with one attached hydrogen (secondary N) is 1. The van der Waals surface area contributed by atoms with Gasteiger partial charge in [0.25, 0.3) is 5.91 Å². The summed E-state index contributed by atoms with van der Waals surface area (Å²) in [6.07, 6.45) is 2.17. The number of rotatable bonds is 6. The van der Waals surface area contributed by atoms with Gasteiger partial charge in [0, 0.05) is 12.2 Å². The van der Waals surface area contributed by atoms with Crippen LogP contribution in [0.15, 0.2) is 47.5 Å². The number of nitrogens with zero attached hydrogens (tertiary/aromatic N) is 2. The third-order valence-electron chi connectivity index (χ3n) is 4.10. The molecule has 136 valence electrons. The first-order valence-corrected chi connectivity index (χ1v) is 9.46. The standard InChI is InChI=1S/C20H23N3O2S/c1-5-11-22-18(24)16(12-21)20-23(19(25)17(6-2)26-20)15-9-7-14(8-10-15)13(3)4/h5,7-10,13,17H,1,6,11H2,2-4H3,(H,22,24)/b20-16-. The van der Waals surface area contributed by atoms with E-state index in [0.717, 1.165) is 5.56 Å². The normalized spacial score (nSPS) is 18.7. The molecule has 5 nitrogen and oxygen atoms in total. The van der Waals surface area contributed by atoms with Crippen molar-refractivity contribution in [3.05, 3.63) is 53.1 Å². The van der Waals surface area contributed by atoms with Crippen molar-refractivity contribution < 1.29 is 9.59 Å². The molecule has 1 aliphatic heterocycles. The number of hydrogen-bond donors (Lipinski definition) is 1. The highest BCUT2D eigenvalue weighted by atomic mass is 32.2. The molecule has 1 heterocycles. The minimum absolute atomic E-state index is 0.0471. The molecule has 2 rings (SSSR count). The minimum atomic E-state index is -0.497. The first-order valence-electron chi connectivity index (χ1n) is 8.58. The summed E-state index contributed by atoms with van der Waals surface area (Å²) in [6.45, 7) is 9.93. The number of nitriles is 1. The molecule has 1 N–H and O–H groups in total. The van der Waals surface area contributed by atoms with Gasteiger partial charge >= 0.3 is 0 Å². The van der Waals surface area contributed by atoms with Crippen molar-refractivity contribution in [2.24, 2.45) is 0 Å². The van der Waals surface area contributed by atoms with Gasteiger partial charge in [-0.05, 0) is 30.0 Å². The highest BCUT2D eigenvalue weighted by Gasteiger charge is 2.39. The lowest BCUT2D eigenvalue weighted by atomic mass is 10.0. The van der Waals surface area contributed by atoms with E-state index in [2.05, 4.69) is 25.7 Å². The maximum absolute atomic E-state index is 12.8. The lowest BCUT2D eigenvalue weighted by Crippen LogP contribution is -2.31. The predicted molar refractivity (Wildman–Crippen MR) is 106 cm³/mol. The number of anilines is 1. The van der Waals surface area contributed by atoms with Crippen molar-refractivity contribution in [3.8, 4) is 6.07 Å². The van der Waals surface area contributed by atoms with Crippen LogP contribution in [0.4, 0.5) is 5.69 Å². The van der Waals surface area contributed by atoms with E-state index in [-0.39, 0.29) is 23.3 Å². The van der Waals surface area contributed by atoms with Crippen LogP contribution in [-0.4, -0.2) is 23.6 Å². The zero-order valence-corrected chi connectivity index (χ0v) is 16.1. The summed E-state index contributed by atoms with van der Waals surface area (Å²) >= 11 is 1.27. The molecule has 1 unspecified atom stereocenters. The molecule has 0 radical (unpaired) electrons. The summed E-state index contributed by atoms with van der Waals surface area (Å²) in [5, 5.41) is 12.2. The number of carbonyl (C=O) groups excluding carboxylic acids is 2. The van der Waals surface area contributed by atoms with Crippen molar-refractivity contribution >= 4 is 29.3 Å². The highest BCUT2D eigenvalue weighted by molar-refractivity contribution is 8.05. The maximum atomic E-state index is 12.8. The second-order valence-corrected chi connectivity index (χ2v) is 7.42. The van der Waals surface area contributed by atoms with Crippen molar-refractivity contribution in [1.82, 2.24) is 5.32 Å². The quantitative estimate of drug-likeness (QED) is 0.471. The van der Waals surface area contributed by atoms with Gasteiger partial charge in [-0.3, -0.25) is 14.5 Å². The van der Waals surface area contributed by atoms with Crippen molar-refractivity contribution in [3.63, 3.8) is 0 Å². The third-order valence-corrected chi connectivity index (χ3v) is 5.53. The summed E-state index contributed by atoms with van der Waals surface area (Å²) in [5.41, 5.74) is 1.78. The molecule has 1 aromatic carbocycles. The smallest absolute Gasteiger partial charge is 0.264 e. The van der Waals surface area contributed by atoms with Crippen LogP contribution >= 0.6 is 11.8 Å². The molecular formula is C20H23N3O2S. The van der Waals surface area contributed by atoms with Crippen LogP contribution in [0.3, 0.4) is 0 Å². The van der Waals surface area contributed by atoms with E-state index in [0.29, 0.717) is 23.1 Å². The largest absolute Gasteiger partial charge is 0.348 e. The molecule has 26 heavy (non-hydrogen) atoms. The van der Waals surface area contributed by atoms with Gasteiger partial charge in [-0.25, -0.2) is 0 Å². The summed E-state index contributed by atoms with van der Waals surface area (Å²) in [5.74, 6) is -0.220. The van der Waals surface area contributed by atoms with Crippen LogP contribution in [0, 0.1) is 11.3 Å². The number of amides is 2. The van der Waals surface area contributed by atoms with Crippen molar-refractivity contribution in [2.75, 3.05) is 11.4 Å². The van der Waals surface area contributed by atoms with E-state index in [1.165, 1.54) is 16.7 Å². The van der Waals surface area contributed by atoms with Crippen LogP contribution in [0.2, 0.25) is 0 Å². The van der Waals surface area contributed by atoms with E-state index in [9.17, 15) is 14.9 Å². The van der Waals surface area contributed by atoms with Gasteiger partial charge in [-0.2, -0.15) is 5.26 Å². The Morgan fingerprint density at radius 1 is 1.42 bits per heavy atom. The molecular weight excluding hydrogens is 346 g/mol. The number of benzene rings is 1. The number of thioether (sulfide) groups is 1. The van der Waals surface area contributed by atoms with E-state index < -0.39 is 5.91 Å². The first kappa shape index (κ1) is 19.8. The van der Waals surface area contributed by atoms with Crippen LogP contribution in [-0.2, 0) is 9.59 Å². The second kappa shape index (κ2) is 8.72. The average molecular weight is 369 g/mol. The van der Waals surface area contributed by atoms with Crippen LogP contribution < -0.4 is 10.2 Å². The predicted octanol–water partition coefficient (Wildman–Crippen LogP) is 3.71. The Hall–Kier alpha value is -2.52. The van der Waals surface area contributed by atoms with Gasteiger partial charge in [0.05, 0.1) is 5.25 Å². The van der Waals surface area contributed by atoms with Crippen molar-refractivity contribution in [1.29, 1.82) is 5.26 Å². The minimum Gasteiger partial charge on any atom is -0.348 e. The zero-order valence-electron chi connectivity index (χ0n) is 15.3. The Morgan fingerprint density at radius 2 is 2.08 bits per heavy atom. The van der Waals surface area contributed by atoms with E-state index in [4.69, 9.17) is 0 Å². The van der Waals surface area contributed by atoms with Gasteiger partial charge < -0.3 is 5.32 Å². The van der Waals surface area contributed by atoms with Gasteiger partial charge in [0.15, 0.2) is 0 Å². The topological polar surface area (TPSA) is 73.2 Å². The lowest BCUT2D eigenvalue weighted by molar-refractivity contribution is -0.117. The molecule has 1 fully saturated rings. The second-order valence-electron chi connectivity index (χ2n) is 6.23. The maximum Gasteiger partial charge on any atom is 0.264 e. The first-order chi connectivity index (χ1) is 12.4. The molecule has 1 aromatic rings. The molecule has 0 saturated carbocycles. The fourth-order valence-electron chi connectivity index (χ4n) is 2.61. The molecule has 0 aromatic heterocycles. The summed E-state index contributed by atoms with van der Waals surface area (Å²) in [4.78, 5) is 26.7. The Balaban J connectivity index is 2.49. The van der Waals surface area contributed by atoms with Crippen molar-refractivity contribution in [2.45, 2.75) is 38.4 Å². The van der Waals surface area contributed by atoms with Crippen LogP contribution in [0.25, 0.3) is 0 Å². The molecule has 1 aliphatic rings. The summed E-state index contributed by atoms with van der Waals surface area (Å²) in [6, 6.07) is 9.63. The Bertz CT molecular complexity index is 775. The molecule has 0 spiro atoms. The van der Waals surface area contributed by atoms with Gasteiger partial charge in [0.2, 0.25) is 5.91 Å². The number of carbonyl (C=O) groups is 2. The fraction of sp³-hybridized carbons (Fsp3) is 0.350. The summed E-state index contributed by atoms with van der Waals surface area (Å²) < 4.78 is 0. The van der Waals surface area contributed by atoms with Gasteiger partial charge in [0.1, 0.15) is 16.7 Å². The Kier molecular flexibility index (Phi) is 6.64. The molecule has 0 aliphatic carbocycles. The molecule has 1 saturated heterocycles. The SMILES string of the molecule is C=CCNC(=O)/C(C#N)=C1\SC(CC)C(=O)N1c1ccc(C(C)C)cc1. The van der Waals surface area contributed by atoms with Gasteiger partial charge in [-0.15, -0.1) is 6.58 Å². The lowest BCUT2D eigenvalue weighted by Gasteiger charge is -2.19. The highest BCUT2D eigenvalue weighted by Crippen LogP contribution is 2.41. The van der Waals surface area contributed by atoms with E-state index in [1.807, 2.05) is 37.3 Å². The average Bonchev–Trinajstić information content (AvgIpc) is 2.96. The monoisotopic (exact) mass is 369 g/mol. The Morgan fingerprint density at radius 3 is 2.58 bits per heavy atom. The zero-order chi connectivity index (χ0) is 19.3. The molecule has 2 amide bonds. The van der Waals surface area contributed by atoms with E-state index >= 15 is 0 Å². The van der Waals surface area contributed by atoms with Crippen LogP contribution in [0.1, 0.15) is 38.7 Å². The van der Waals surface area contributed by atoms with Crippen LogP contribution in [0.5, 0.6) is 0 Å². The molecule has 6 heteroatoms. The van der Waals surface area contributed by atoms with Gasteiger partial charge in [-0.1, -0.05) is 50.7 Å². The Labute approximate surface area is 158 Å². The summed E-state index contributed by atoms with van der Waals surface area (Å²) in [7, 11) is 0. The molecule has 1 atom stereocenters. The van der Waals surface area contributed by atoms with E-state index in [1.54, 1.807) is 6.08 Å².